The summed E-state index contributed by atoms with van der Waals surface area (Å²) in [6.45, 7) is 0.874. The molecule has 1 aromatic carbocycles. The maximum absolute atomic E-state index is 9.19. The molecule has 0 radical (unpaired) electrons. The number of hydrogen-bond acceptors (Lipinski definition) is 3. The molecular weight excluding hydrogens is 260 g/mol. The summed E-state index contributed by atoms with van der Waals surface area (Å²) in [5.74, 6) is 0.580. The van der Waals surface area contributed by atoms with Gasteiger partial charge in [0.25, 0.3) is 0 Å². The van der Waals surface area contributed by atoms with Crippen molar-refractivity contribution in [3.63, 3.8) is 0 Å². The average Bonchev–Trinajstić information content (AvgIpc) is 2.90. The highest BCUT2D eigenvalue weighted by Crippen LogP contribution is 2.36. The summed E-state index contributed by atoms with van der Waals surface area (Å²) < 4.78 is 5.77. The highest BCUT2D eigenvalue weighted by Gasteiger charge is 2.37. The zero-order chi connectivity index (χ0) is 13.2. The second-order valence-corrected chi connectivity index (χ2v) is 5.78. The molecular formula is C15H17ClN2O. The Hall–Kier alpha value is -1.24. The topological polar surface area (TPSA) is 45.0 Å². The molecule has 2 aliphatic rings. The summed E-state index contributed by atoms with van der Waals surface area (Å²) in [4.78, 5) is 0. The average molecular weight is 277 g/mol. The first-order chi connectivity index (χ1) is 9.28. The van der Waals surface area contributed by atoms with Crippen LogP contribution in [-0.4, -0.2) is 18.8 Å². The third kappa shape index (κ3) is 2.56. The van der Waals surface area contributed by atoms with Crippen LogP contribution in [0.25, 0.3) is 0 Å². The number of nitrogens with one attached hydrogen (secondary N) is 1. The molecule has 100 valence electrons. The highest BCUT2D eigenvalue weighted by molar-refractivity contribution is 6.30. The Morgan fingerprint density at radius 2 is 2.21 bits per heavy atom. The number of anilines is 1. The van der Waals surface area contributed by atoms with E-state index in [0.29, 0.717) is 28.6 Å². The van der Waals surface area contributed by atoms with Crippen molar-refractivity contribution in [1.29, 1.82) is 5.26 Å². The van der Waals surface area contributed by atoms with E-state index < -0.39 is 0 Å². The number of halogens is 1. The van der Waals surface area contributed by atoms with Gasteiger partial charge in [-0.15, -0.1) is 0 Å². The molecule has 3 rings (SSSR count). The molecule has 1 aromatic rings. The smallest absolute Gasteiger partial charge is 0.101 e. The van der Waals surface area contributed by atoms with Crippen molar-refractivity contribution in [1.82, 2.24) is 0 Å². The zero-order valence-corrected chi connectivity index (χ0v) is 11.5. The number of rotatable bonds is 2. The van der Waals surface area contributed by atoms with Gasteiger partial charge >= 0.3 is 0 Å². The fraction of sp³-hybridized carbons (Fsp3) is 0.533. The van der Waals surface area contributed by atoms with Crippen LogP contribution in [0, 0.1) is 17.2 Å². The predicted octanol–water partition coefficient (Wildman–Crippen LogP) is 3.58. The van der Waals surface area contributed by atoms with Crippen molar-refractivity contribution >= 4 is 17.3 Å². The highest BCUT2D eigenvalue weighted by atomic mass is 35.5. The van der Waals surface area contributed by atoms with E-state index in [1.165, 1.54) is 12.8 Å². The van der Waals surface area contributed by atoms with Gasteiger partial charge in [-0.1, -0.05) is 11.6 Å². The Bertz CT molecular complexity index is 511. The number of fused-ring (bicyclic) bond motifs is 1. The molecule has 1 aliphatic heterocycles. The fourth-order valence-corrected chi connectivity index (χ4v) is 3.46. The molecule has 3 nitrogen and oxygen atoms in total. The van der Waals surface area contributed by atoms with Crippen LogP contribution in [0.1, 0.15) is 31.2 Å². The van der Waals surface area contributed by atoms with Crippen molar-refractivity contribution < 1.29 is 4.74 Å². The molecule has 4 heteroatoms. The van der Waals surface area contributed by atoms with Gasteiger partial charge in [0.05, 0.1) is 17.4 Å². The molecule has 3 atom stereocenters. The summed E-state index contributed by atoms with van der Waals surface area (Å²) in [6, 6.07) is 8.07. The van der Waals surface area contributed by atoms with E-state index in [1.807, 2.05) is 12.1 Å². The SMILES string of the molecule is N#Cc1cc(Cl)ccc1NC1CCCC2OCCC12. The van der Waals surface area contributed by atoms with Crippen LogP contribution in [0.15, 0.2) is 18.2 Å². The molecule has 1 saturated carbocycles. The molecule has 2 fully saturated rings. The Balaban J connectivity index is 1.79. The minimum atomic E-state index is 0.407. The summed E-state index contributed by atoms with van der Waals surface area (Å²) >= 11 is 5.93. The first kappa shape index (κ1) is 12.8. The number of hydrogen-bond donors (Lipinski definition) is 1. The van der Waals surface area contributed by atoms with Crippen LogP contribution >= 0.6 is 11.6 Å². The van der Waals surface area contributed by atoms with Crippen LogP contribution in [0.4, 0.5) is 5.69 Å². The monoisotopic (exact) mass is 276 g/mol. The number of nitriles is 1. The lowest BCUT2D eigenvalue weighted by molar-refractivity contribution is 0.0620. The lowest BCUT2D eigenvalue weighted by Gasteiger charge is -2.34. The van der Waals surface area contributed by atoms with E-state index in [1.54, 1.807) is 6.07 Å². The molecule has 0 spiro atoms. The van der Waals surface area contributed by atoms with Gasteiger partial charge in [0.15, 0.2) is 0 Å². The van der Waals surface area contributed by atoms with Gasteiger partial charge in [-0.2, -0.15) is 5.26 Å². The summed E-state index contributed by atoms with van der Waals surface area (Å²) in [5, 5.41) is 13.3. The maximum Gasteiger partial charge on any atom is 0.101 e. The predicted molar refractivity (Wildman–Crippen MR) is 75.3 cm³/mol. The minimum absolute atomic E-state index is 0.407. The van der Waals surface area contributed by atoms with Gasteiger partial charge in [-0.05, 0) is 43.9 Å². The quantitative estimate of drug-likeness (QED) is 0.898. The van der Waals surface area contributed by atoms with Gasteiger partial charge in [-0.3, -0.25) is 0 Å². The molecule has 0 bridgehead atoms. The van der Waals surface area contributed by atoms with E-state index in [4.69, 9.17) is 16.3 Å². The standard InChI is InChI=1S/C15H17ClN2O/c16-11-4-5-13(10(8-11)9-17)18-14-2-1-3-15-12(14)6-7-19-15/h4-5,8,12,14-15,18H,1-3,6-7H2. The lowest BCUT2D eigenvalue weighted by atomic mass is 9.81. The third-order valence-electron chi connectivity index (χ3n) is 4.22. The van der Waals surface area contributed by atoms with Gasteiger partial charge in [0.1, 0.15) is 6.07 Å². The van der Waals surface area contributed by atoms with E-state index in [0.717, 1.165) is 25.1 Å². The van der Waals surface area contributed by atoms with Crippen LogP contribution in [0.3, 0.4) is 0 Å². The summed E-state index contributed by atoms with van der Waals surface area (Å²) in [7, 11) is 0. The van der Waals surface area contributed by atoms with Gasteiger partial charge in [-0.25, -0.2) is 0 Å². The Kier molecular flexibility index (Phi) is 3.63. The van der Waals surface area contributed by atoms with E-state index in [2.05, 4.69) is 11.4 Å². The first-order valence-corrected chi connectivity index (χ1v) is 7.23. The molecule has 1 aliphatic carbocycles. The maximum atomic E-state index is 9.19. The second kappa shape index (κ2) is 5.40. The Morgan fingerprint density at radius 3 is 3.05 bits per heavy atom. The zero-order valence-electron chi connectivity index (χ0n) is 10.7. The first-order valence-electron chi connectivity index (χ1n) is 6.86. The summed E-state index contributed by atoms with van der Waals surface area (Å²) in [5.41, 5.74) is 1.51. The fourth-order valence-electron chi connectivity index (χ4n) is 3.29. The van der Waals surface area contributed by atoms with Crippen molar-refractivity contribution in [2.24, 2.45) is 5.92 Å². The minimum Gasteiger partial charge on any atom is -0.381 e. The lowest BCUT2D eigenvalue weighted by Crippen LogP contribution is -2.38. The summed E-state index contributed by atoms with van der Waals surface area (Å²) in [6.07, 6.45) is 5.04. The molecule has 1 saturated heterocycles. The number of nitrogens with zero attached hydrogens (tertiary/aromatic N) is 1. The third-order valence-corrected chi connectivity index (χ3v) is 4.46. The number of ether oxygens (including phenoxy) is 1. The molecule has 3 unspecified atom stereocenters. The Labute approximate surface area is 118 Å². The molecule has 0 amide bonds. The van der Waals surface area contributed by atoms with Gasteiger partial charge in [0, 0.05) is 23.6 Å². The van der Waals surface area contributed by atoms with Crippen LogP contribution in [0.2, 0.25) is 5.02 Å². The van der Waals surface area contributed by atoms with Gasteiger partial charge < -0.3 is 10.1 Å². The van der Waals surface area contributed by atoms with Crippen LogP contribution < -0.4 is 5.32 Å². The van der Waals surface area contributed by atoms with E-state index in [9.17, 15) is 5.26 Å². The largest absolute Gasteiger partial charge is 0.381 e. The molecule has 0 aromatic heterocycles. The van der Waals surface area contributed by atoms with Crippen molar-refractivity contribution in [2.75, 3.05) is 11.9 Å². The van der Waals surface area contributed by atoms with E-state index in [-0.39, 0.29) is 0 Å². The van der Waals surface area contributed by atoms with Crippen LogP contribution in [0.5, 0.6) is 0 Å². The Morgan fingerprint density at radius 1 is 1.32 bits per heavy atom. The second-order valence-electron chi connectivity index (χ2n) is 5.35. The van der Waals surface area contributed by atoms with Crippen LogP contribution in [-0.2, 0) is 4.74 Å². The van der Waals surface area contributed by atoms with Gasteiger partial charge in [0.2, 0.25) is 0 Å². The molecule has 1 N–H and O–H groups in total. The molecule has 19 heavy (non-hydrogen) atoms. The molecule has 1 heterocycles. The van der Waals surface area contributed by atoms with Crippen molar-refractivity contribution in [3.05, 3.63) is 28.8 Å². The normalized spacial score (nSPS) is 29.6. The van der Waals surface area contributed by atoms with Crippen molar-refractivity contribution in [3.8, 4) is 6.07 Å². The van der Waals surface area contributed by atoms with Crippen molar-refractivity contribution in [2.45, 2.75) is 37.8 Å². The van der Waals surface area contributed by atoms with E-state index >= 15 is 0 Å². The number of benzene rings is 1.